The van der Waals surface area contributed by atoms with E-state index in [9.17, 15) is 9.59 Å². The van der Waals surface area contributed by atoms with Gasteiger partial charge in [-0.05, 0) is 6.07 Å². The number of carboxylic acid groups (broad SMARTS) is 1. The molecule has 1 aromatic rings. The van der Waals surface area contributed by atoms with Crippen LogP contribution in [0.3, 0.4) is 0 Å². The lowest BCUT2D eigenvalue weighted by molar-refractivity contribution is -0.137. The maximum atomic E-state index is 11.5. The molecule has 2 heterocycles. The second kappa shape index (κ2) is 4.82. The number of carboxylic acids is 1. The first-order valence-corrected chi connectivity index (χ1v) is 5.24. The summed E-state index contributed by atoms with van der Waals surface area (Å²) in [7, 11) is 0. The molecule has 6 heteroatoms. The van der Waals surface area contributed by atoms with Gasteiger partial charge in [-0.3, -0.25) is 9.78 Å². The first-order valence-electron chi connectivity index (χ1n) is 5.24. The van der Waals surface area contributed by atoms with Crippen molar-refractivity contribution < 1.29 is 19.4 Å². The van der Waals surface area contributed by atoms with Crippen LogP contribution < -0.4 is 0 Å². The van der Waals surface area contributed by atoms with Gasteiger partial charge in [0.2, 0.25) is 0 Å². The smallest absolute Gasteiger partial charge is 0.410 e. The predicted octanol–water partition coefficient (Wildman–Crippen LogP) is 1.05. The van der Waals surface area contributed by atoms with Crippen LogP contribution in [0.5, 0.6) is 0 Å². The van der Waals surface area contributed by atoms with E-state index in [1.807, 2.05) is 6.07 Å². The van der Waals surface area contributed by atoms with Crippen LogP contribution in [-0.2, 0) is 9.53 Å². The molecule has 1 amide bonds. The molecule has 1 unspecified atom stereocenters. The fourth-order valence-corrected chi connectivity index (χ4v) is 1.66. The molecule has 6 nitrogen and oxygen atoms in total. The molecule has 1 aliphatic heterocycles. The van der Waals surface area contributed by atoms with Crippen molar-refractivity contribution >= 4 is 12.1 Å². The summed E-state index contributed by atoms with van der Waals surface area (Å²) in [5.41, 5.74) is 0.818. The number of ether oxygens (including phenoxy) is 1. The quantitative estimate of drug-likeness (QED) is 0.845. The molecule has 0 bridgehead atoms. The third kappa shape index (κ3) is 2.72. The normalized spacial score (nSPS) is 19.2. The third-order valence-corrected chi connectivity index (χ3v) is 2.54. The number of rotatable bonds is 4. The van der Waals surface area contributed by atoms with Crippen LogP contribution >= 0.6 is 0 Å². The van der Waals surface area contributed by atoms with Gasteiger partial charge in [0.25, 0.3) is 0 Å². The van der Waals surface area contributed by atoms with E-state index in [2.05, 4.69) is 4.98 Å². The highest BCUT2D eigenvalue weighted by molar-refractivity contribution is 5.72. The second-order valence-corrected chi connectivity index (χ2v) is 3.75. The number of carbonyl (C=O) groups is 2. The summed E-state index contributed by atoms with van der Waals surface area (Å²) in [6.07, 6.45) is 2.38. The van der Waals surface area contributed by atoms with Crippen LogP contribution in [0.1, 0.15) is 18.1 Å². The Hall–Kier alpha value is -2.11. The number of aromatic nitrogens is 1. The van der Waals surface area contributed by atoms with Crippen molar-refractivity contribution in [3.05, 3.63) is 30.1 Å². The SMILES string of the molecule is O=C(O)CCN1CC(c2cccnc2)OC1=O. The van der Waals surface area contributed by atoms with Crippen LogP contribution in [0.2, 0.25) is 0 Å². The first-order chi connectivity index (χ1) is 8.16. The highest BCUT2D eigenvalue weighted by atomic mass is 16.6. The fourth-order valence-electron chi connectivity index (χ4n) is 1.66. The number of amides is 1. The molecule has 0 radical (unpaired) electrons. The van der Waals surface area contributed by atoms with Gasteiger partial charge in [-0.15, -0.1) is 0 Å². The zero-order valence-corrected chi connectivity index (χ0v) is 9.07. The molecule has 0 saturated carbocycles. The summed E-state index contributed by atoms with van der Waals surface area (Å²) >= 11 is 0. The van der Waals surface area contributed by atoms with Crippen LogP contribution in [0.4, 0.5) is 4.79 Å². The third-order valence-electron chi connectivity index (χ3n) is 2.54. The molecular weight excluding hydrogens is 224 g/mol. The van der Waals surface area contributed by atoms with Gasteiger partial charge >= 0.3 is 12.1 Å². The molecule has 2 rings (SSSR count). The van der Waals surface area contributed by atoms with Gasteiger partial charge in [-0.1, -0.05) is 6.07 Å². The van der Waals surface area contributed by atoms with Gasteiger partial charge < -0.3 is 14.7 Å². The van der Waals surface area contributed by atoms with Crippen molar-refractivity contribution in [2.24, 2.45) is 0 Å². The average molecular weight is 236 g/mol. The Labute approximate surface area is 97.8 Å². The minimum Gasteiger partial charge on any atom is -0.481 e. The van der Waals surface area contributed by atoms with Gasteiger partial charge in [0.1, 0.15) is 6.10 Å². The summed E-state index contributed by atoms with van der Waals surface area (Å²) in [6, 6.07) is 3.59. The van der Waals surface area contributed by atoms with Crippen LogP contribution in [0, 0.1) is 0 Å². The highest BCUT2D eigenvalue weighted by Gasteiger charge is 2.32. The largest absolute Gasteiger partial charge is 0.481 e. The van der Waals surface area contributed by atoms with Gasteiger partial charge in [0.05, 0.1) is 13.0 Å². The lowest BCUT2D eigenvalue weighted by Crippen LogP contribution is -2.27. The lowest BCUT2D eigenvalue weighted by atomic mass is 10.1. The van der Waals surface area contributed by atoms with E-state index in [0.29, 0.717) is 6.54 Å². The summed E-state index contributed by atoms with van der Waals surface area (Å²) in [6.45, 7) is 0.544. The number of nitrogens with zero attached hydrogens (tertiary/aromatic N) is 2. The van der Waals surface area contributed by atoms with E-state index < -0.39 is 12.1 Å². The van der Waals surface area contributed by atoms with Gasteiger partial charge in [0.15, 0.2) is 0 Å². The van der Waals surface area contributed by atoms with E-state index in [1.54, 1.807) is 18.5 Å². The molecule has 1 saturated heterocycles. The van der Waals surface area contributed by atoms with Crippen molar-refractivity contribution in [2.75, 3.05) is 13.1 Å². The maximum absolute atomic E-state index is 11.5. The Morgan fingerprint density at radius 3 is 3.12 bits per heavy atom. The Bertz CT molecular complexity index is 421. The number of hydrogen-bond acceptors (Lipinski definition) is 4. The van der Waals surface area contributed by atoms with Crippen molar-refractivity contribution in [3.63, 3.8) is 0 Å². The van der Waals surface area contributed by atoms with Crippen molar-refractivity contribution in [1.29, 1.82) is 0 Å². The Morgan fingerprint density at radius 1 is 1.65 bits per heavy atom. The van der Waals surface area contributed by atoms with Gasteiger partial charge in [-0.25, -0.2) is 4.79 Å². The Balaban J connectivity index is 1.97. The molecule has 1 fully saturated rings. The topological polar surface area (TPSA) is 79.7 Å². The molecule has 0 spiro atoms. The highest BCUT2D eigenvalue weighted by Crippen LogP contribution is 2.25. The monoisotopic (exact) mass is 236 g/mol. The first kappa shape index (κ1) is 11.4. The maximum Gasteiger partial charge on any atom is 0.410 e. The van der Waals surface area contributed by atoms with E-state index in [-0.39, 0.29) is 19.1 Å². The minimum atomic E-state index is -0.928. The number of aliphatic carboxylic acids is 1. The zero-order chi connectivity index (χ0) is 12.3. The number of carbonyl (C=O) groups excluding carboxylic acids is 1. The Morgan fingerprint density at radius 2 is 2.47 bits per heavy atom. The molecule has 1 N–H and O–H groups in total. The Kier molecular flexibility index (Phi) is 3.22. The van der Waals surface area contributed by atoms with Crippen molar-refractivity contribution in [3.8, 4) is 0 Å². The van der Waals surface area contributed by atoms with Crippen LogP contribution in [-0.4, -0.2) is 40.1 Å². The predicted molar refractivity (Wildman–Crippen MR) is 57.3 cm³/mol. The molecule has 1 aromatic heterocycles. The van der Waals surface area contributed by atoms with Crippen LogP contribution in [0.15, 0.2) is 24.5 Å². The molecule has 90 valence electrons. The fraction of sp³-hybridized carbons (Fsp3) is 0.364. The zero-order valence-electron chi connectivity index (χ0n) is 9.07. The van der Waals surface area contributed by atoms with Gasteiger partial charge in [-0.2, -0.15) is 0 Å². The van der Waals surface area contributed by atoms with Crippen molar-refractivity contribution in [2.45, 2.75) is 12.5 Å². The van der Waals surface area contributed by atoms with Gasteiger partial charge in [0, 0.05) is 24.5 Å². The number of hydrogen-bond donors (Lipinski definition) is 1. The molecule has 0 aromatic carbocycles. The number of pyridine rings is 1. The van der Waals surface area contributed by atoms with E-state index >= 15 is 0 Å². The molecule has 1 aliphatic rings. The molecular formula is C11H12N2O4. The molecule has 0 aliphatic carbocycles. The molecule has 1 atom stereocenters. The molecule has 17 heavy (non-hydrogen) atoms. The standard InChI is InChI=1S/C11H12N2O4/c14-10(15)3-5-13-7-9(17-11(13)16)8-2-1-4-12-6-8/h1-2,4,6,9H,3,5,7H2,(H,14,15). The van der Waals surface area contributed by atoms with E-state index in [1.165, 1.54) is 4.90 Å². The van der Waals surface area contributed by atoms with Crippen LogP contribution in [0.25, 0.3) is 0 Å². The number of cyclic esters (lactones) is 1. The average Bonchev–Trinajstić information content (AvgIpc) is 2.69. The second-order valence-electron chi connectivity index (χ2n) is 3.75. The lowest BCUT2D eigenvalue weighted by Gasteiger charge is -2.10. The minimum absolute atomic E-state index is 0.0745. The van der Waals surface area contributed by atoms with Crippen molar-refractivity contribution in [1.82, 2.24) is 9.88 Å². The van der Waals surface area contributed by atoms with E-state index in [0.717, 1.165) is 5.56 Å². The van der Waals surface area contributed by atoms with E-state index in [4.69, 9.17) is 9.84 Å². The summed E-state index contributed by atoms with van der Waals surface area (Å²) in [5, 5.41) is 8.55. The summed E-state index contributed by atoms with van der Waals surface area (Å²) in [5.74, 6) is -0.928. The summed E-state index contributed by atoms with van der Waals surface area (Å²) < 4.78 is 5.15. The summed E-state index contributed by atoms with van der Waals surface area (Å²) in [4.78, 5) is 27.2.